The van der Waals surface area contributed by atoms with Crippen LogP contribution in [0.15, 0.2) is 42.5 Å². The van der Waals surface area contributed by atoms with Gasteiger partial charge in [-0.05, 0) is 43.6 Å². The summed E-state index contributed by atoms with van der Waals surface area (Å²) in [5.41, 5.74) is 1.32. The molecule has 0 saturated carbocycles. The van der Waals surface area contributed by atoms with Crippen LogP contribution >= 0.6 is 0 Å². The van der Waals surface area contributed by atoms with Gasteiger partial charge in [0.05, 0.1) is 0 Å². The van der Waals surface area contributed by atoms with Gasteiger partial charge < -0.3 is 10.2 Å². The monoisotopic (exact) mass is 248 g/mol. The van der Waals surface area contributed by atoms with Gasteiger partial charge in [-0.3, -0.25) is 0 Å². The highest BCUT2D eigenvalue weighted by Crippen LogP contribution is 2.24. The van der Waals surface area contributed by atoms with Crippen molar-refractivity contribution >= 4 is 0 Å². The number of aliphatic hydroxyl groups excluding tert-OH is 2. The average molecular weight is 248 g/mol. The van der Waals surface area contributed by atoms with Gasteiger partial charge in [-0.2, -0.15) is 0 Å². The Morgan fingerprint density at radius 2 is 1.61 bits per heavy atom. The summed E-state index contributed by atoms with van der Waals surface area (Å²) in [5, 5.41) is 17.8. The van der Waals surface area contributed by atoms with Crippen LogP contribution in [0.25, 0.3) is 0 Å². The Balaban J connectivity index is 2.37. The number of aliphatic hydroxyl groups is 2. The van der Waals surface area contributed by atoms with Crippen LogP contribution in [-0.4, -0.2) is 23.4 Å². The molecule has 0 aliphatic carbocycles. The molecule has 0 bridgehead atoms. The molecule has 0 heterocycles. The Labute approximate surface area is 110 Å². The molecule has 0 amide bonds. The van der Waals surface area contributed by atoms with Gasteiger partial charge in [0.2, 0.25) is 0 Å². The van der Waals surface area contributed by atoms with Crippen molar-refractivity contribution in [1.82, 2.24) is 0 Å². The fraction of sp³-hybridized carbons (Fsp3) is 0.500. The molecule has 18 heavy (non-hydrogen) atoms. The lowest BCUT2D eigenvalue weighted by molar-refractivity contribution is 0.273. The van der Waals surface area contributed by atoms with E-state index in [-0.39, 0.29) is 13.2 Å². The molecule has 0 aromatic heterocycles. The second kappa shape index (κ2) is 9.86. The molecule has 0 spiro atoms. The van der Waals surface area contributed by atoms with Crippen molar-refractivity contribution in [3.8, 4) is 0 Å². The Hall–Kier alpha value is -1.12. The zero-order chi connectivity index (χ0) is 13.1. The number of rotatable bonds is 9. The molecule has 1 unspecified atom stereocenters. The molecular weight excluding hydrogens is 224 g/mol. The summed E-state index contributed by atoms with van der Waals surface area (Å²) < 4.78 is 0. The van der Waals surface area contributed by atoms with E-state index in [0.29, 0.717) is 5.92 Å². The van der Waals surface area contributed by atoms with Gasteiger partial charge in [0.1, 0.15) is 0 Å². The topological polar surface area (TPSA) is 40.5 Å². The number of hydrogen-bond acceptors (Lipinski definition) is 2. The molecule has 1 rings (SSSR count). The number of benzene rings is 1. The molecule has 100 valence electrons. The smallest absolute Gasteiger partial charge is 0.0436 e. The Bertz CT molecular complexity index is 319. The van der Waals surface area contributed by atoms with Gasteiger partial charge >= 0.3 is 0 Å². The lowest BCUT2D eigenvalue weighted by Crippen LogP contribution is -2.01. The maximum absolute atomic E-state index is 9.12. The van der Waals surface area contributed by atoms with E-state index in [1.807, 2.05) is 6.07 Å². The highest BCUT2D eigenvalue weighted by Gasteiger charge is 2.09. The first kappa shape index (κ1) is 14.9. The van der Waals surface area contributed by atoms with E-state index in [4.69, 9.17) is 10.2 Å². The van der Waals surface area contributed by atoms with Crippen molar-refractivity contribution in [3.63, 3.8) is 0 Å². The molecule has 2 nitrogen and oxygen atoms in total. The lowest BCUT2D eigenvalue weighted by atomic mass is 9.91. The van der Waals surface area contributed by atoms with E-state index in [0.717, 1.165) is 32.1 Å². The minimum Gasteiger partial charge on any atom is -0.396 e. The zero-order valence-electron chi connectivity index (χ0n) is 11.0. The van der Waals surface area contributed by atoms with E-state index in [1.54, 1.807) is 0 Å². The third-order valence-corrected chi connectivity index (χ3v) is 3.13. The van der Waals surface area contributed by atoms with E-state index < -0.39 is 0 Å². The van der Waals surface area contributed by atoms with Crippen LogP contribution in [0.2, 0.25) is 0 Å². The number of allylic oxidation sites excluding steroid dienone is 2. The molecule has 1 aromatic carbocycles. The minimum atomic E-state index is 0.244. The molecule has 2 N–H and O–H groups in total. The van der Waals surface area contributed by atoms with Crippen LogP contribution < -0.4 is 0 Å². The quantitative estimate of drug-likeness (QED) is 0.520. The van der Waals surface area contributed by atoms with Crippen LogP contribution in [0.4, 0.5) is 0 Å². The maximum atomic E-state index is 9.12. The Kier molecular flexibility index (Phi) is 8.19. The van der Waals surface area contributed by atoms with Crippen LogP contribution in [0.1, 0.15) is 43.6 Å². The molecular formula is C16H24O2. The standard InChI is InChI=1S/C16H24O2/c17-13-8-3-1-2-5-11-16(12-14-18)15-9-6-4-7-10-15/h1-2,4,6-7,9-10,16-18H,3,5,8,11-14H2. The highest BCUT2D eigenvalue weighted by molar-refractivity contribution is 5.19. The van der Waals surface area contributed by atoms with Crippen LogP contribution in [0.5, 0.6) is 0 Å². The Morgan fingerprint density at radius 3 is 2.28 bits per heavy atom. The summed E-state index contributed by atoms with van der Waals surface area (Å²) in [6, 6.07) is 10.4. The summed E-state index contributed by atoms with van der Waals surface area (Å²) in [6.07, 6.45) is 9.04. The largest absolute Gasteiger partial charge is 0.396 e. The first-order valence-electron chi connectivity index (χ1n) is 6.80. The third kappa shape index (κ3) is 5.99. The number of unbranched alkanes of at least 4 members (excludes halogenated alkanes) is 1. The molecule has 0 saturated heterocycles. The third-order valence-electron chi connectivity index (χ3n) is 3.13. The second-order valence-corrected chi connectivity index (χ2v) is 4.53. The van der Waals surface area contributed by atoms with E-state index in [2.05, 4.69) is 36.4 Å². The van der Waals surface area contributed by atoms with Crippen molar-refractivity contribution < 1.29 is 10.2 Å². The predicted molar refractivity (Wildman–Crippen MR) is 75.6 cm³/mol. The van der Waals surface area contributed by atoms with Crippen LogP contribution in [0.3, 0.4) is 0 Å². The van der Waals surface area contributed by atoms with E-state index in [1.165, 1.54) is 5.56 Å². The molecule has 0 radical (unpaired) electrons. The van der Waals surface area contributed by atoms with E-state index in [9.17, 15) is 0 Å². The van der Waals surface area contributed by atoms with Crippen LogP contribution in [-0.2, 0) is 0 Å². The zero-order valence-corrected chi connectivity index (χ0v) is 11.0. The fourth-order valence-corrected chi connectivity index (χ4v) is 2.10. The van der Waals surface area contributed by atoms with Gasteiger partial charge in [0.25, 0.3) is 0 Å². The maximum Gasteiger partial charge on any atom is 0.0436 e. The summed E-state index contributed by atoms with van der Waals surface area (Å²) in [5.74, 6) is 0.443. The van der Waals surface area contributed by atoms with Crippen molar-refractivity contribution in [2.75, 3.05) is 13.2 Å². The predicted octanol–water partition coefficient (Wildman–Crippen LogP) is 3.26. The minimum absolute atomic E-state index is 0.244. The summed E-state index contributed by atoms with van der Waals surface area (Å²) >= 11 is 0. The SMILES string of the molecule is OCCCC=CCCC(CCO)c1ccccc1. The molecule has 1 atom stereocenters. The molecule has 0 aliphatic rings. The van der Waals surface area contributed by atoms with Crippen molar-refractivity contribution in [2.45, 2.75) is 38.0 Å². The fourth-order valence-electron chi connectivity index (χ4n) is 2.10. The lowest BCUT2D eigenvalue weighted by Gasteiger charge is -2.15. The van der Waals surface area contributed by atoms with Crippen molar-refractivity contribution in [1.29, 1.82) is 0 Å². The summed E-state index contributed by atoms with van der Waals surface area (Å²) in [7, 11) is 0. The van der Waals surface area contributed by atoms with Gasteiger partial charge in [-0.15, -0.1) is 0 Å². The average Bonchev–Trinajstić information content (AvgIpc) is 2.42. The van der Waals surface area contributed by atoms with Gasteiger partial charge in [0, 0.05) is 13.2 Å². The van der Waals surface area contributed by atoms with Gasteiger partial charge in [-0.25, -0.2) is 0 Å². The van der Waals surface area contributed by atoms with Gasteiger partial charge in [0.15, 0.2) is 0 Å². The van der Waals surface area contributed by atoms with Crippen molar-refractivity contribution in [2.24, 2.45) is 0 Å². The van der Waals surface area contributed by atoms with E-state index >= 15 is 0 Å². The second-order valence-electron chi connectivity index (χ2n) is 4.53. The Morgan fingerprint density at radius 1 is 0.889 bits per heavy atom. The molecule has 1 aromatic rings. The molecule has 0 aliphatic heterocycles. The van der Waals surface area contributed by atoms with Crippen LogP contribution in [0, 0.1) is 0 Å². The molecule has 2 heteroatoms. The highest BCUT2D eigenvalue weighted by atomic mass is 16.3. The summed E-state index contributed by atoms with van der Waals surface area (Å²) in [4.78, 5) is 0. The number of hydrogen-bond donors (Lipinski definition) is 2. The van der Waals surface area contributed by atoms with Crippen molar-refractivity contribution in [3.05, 3.63) is 48.0 Å². The first-order valence-corrected chi connectivity index (χ1v) is 6.80. The van der Waals surface area contributed by atoms with Gasteiger partial charge in [-0.1, -0.05) is 42.5 Å². The normalized spacial score (nSPS) is 13.0. The first-order chi connectivity index (χ1) is 8.88. The summed E-state index contributed by atoms with van der Waals surface area (Å²) in [6.45, 7) is 0.509. The molecule has 0 fully saturated rings.